The molecule has 0 spiro atoms. The van der Waals surface area contributed by atoms with Gasteiger partial charge in [-0.25, -0.2) is 0 Å². The first-order chi connectivity index (χ1) is 8.43. The predicted molar refractivity (Wildman–Crippen MR) is 71.1 cm³/mol. The first kappa shape index (κ1) is 10.3. The van der Waals surface area contributed by atoms with Crippen LogP contribution < -0.4 is 4.90 Å². The van der Waals surface area contributed by atoms with Crippen molar-refractivity contribution in [3.63, 3.8) is 0 Å². The van der Waals surface area contributed by atoms with Gasteiger partial charge < -0.3 is 4.90 Å². The summed E-state index contributed by atoms with van der Waals surface area (Å²) in [6.07, 6.45) is 6.51. The van der Waals surface area contributed by atoms with Crippen molar-refractivity contribution in [2.45, 2.75) is 12.8 Å². The van der Waals surface area contributed by atoms with Gasteiger partial charge in [-0.2, -0.15) is 0 Å². The van der Waals surface area contributed by atoms with E-state index in [0.29, 0.717) is 0 Å². The number of nitrogens with zero attached hydrogens (tertiary/aromatic N) is 2. The van der Waals surface area contributed by atoms with Crippen LogP contribution in [0.3, 0.4) is 0 Å². The minimum Gasteiger partial charge on any atom is -0.370 e. The van der Waals surface area contributed by atoms with Gasteiger partial charge in [0.15, 0.2) is 0 Å². The summed E-state index contributed by atoms with van der Waals surface area (Å²) in [5.41, 5.74) is 3.69. The molecule has 86 valence electrons. The summed E-state index contributed by atoms with van der Waals surface area (Å²) in [6, 6.07) is 12.7. The fourth-order valence-electron chi connectivity index (χ4n) is 2.36. The maximum absolute atomic E-state index is 4.36. The molecule has 0 bridgehead atoms. The van der Waals surface area contributed by atoms with Crippen molar-refractivity contribution in [2.24, 2.45) is 0 Å². The van der Waals surface area contributed by atoms with E-state index in [1.165, 1.54) is 42.7 Å². The molecule has 0 saturated carbocycles. The summed E-state index contributed by atoms with van der Waals surface area (Å²) < 4.78 is 0. The van der Waals surface area contributed by atoms with Gasteiger partial charge in [-0.15, -0.1) is 0 Å². The molecule has 0 radical (unpaired) electrons. The van der Waals surface area contributed by atoms with Crippen molar-refractivity contribution < 1.29 is 0 Å². The third-order valence-electron chi connectivity index (χ3n) is 3.30. The SMILES string of the molecule is c1ccc(-c2cncc(N3CCCC3)c2)cc1. The van der Waals surface area contributed by atoms with Crippen LogP contribution in [-0.4, -0.2) is 18.1 Å². The number of aromatic nitrogens is 1. The normalized spacial score (nSPS) is 15.2. The van der Waals surface area contributed by atoms with Crippen molar-refractivity contribution in [1.29, 1.82) is 0 Å². The molecule has 1 aromatic heterocycles. The highest BCUT2D eigenvalue weighted by Gasteiger charge is 2.12. The first-order valence-electron chi connectivity index (χ1n) is 6.19. The molecular formula is C15H16N2. The van der Waals surface area contributed by atoms with Crippen LogP contribution in [0.5, 0.6) is 0 Å². The van der Waals surface area contributed by atoms with Crippen LogP contribution in [0.25, 0.3) is 11.1 Å². The van der Waals surface area contributed by atoms with Gasteiger partial charge in [0, 0.05) is 24.8 Å². The quantitative estimate of drug-likeness (QED) is 0.777. The molecule has 0 unspecified atom stereocenters. The van der Waals surface area contributed by atoms with E-state index < -0.39 is 0 Å². The molecule has 0 amide bonds. The lowest BCUT2D eigenvalue weighted by Gasteiger charge is -2.17. The van der Waals surface area contributed by atoms with Gasteiger partial charge in [-0.1, -0.05) is 30.3 Å². The molecule has 2 heterocycles. The van der Waals surface area contributed by atoms with E-state index in [2.05, 4.69) is 40.2 Å². The number of benzene rings is 1. The van der Waals surface area contributed by atoms with Crippen molar-refractivity contribution in [2.75, 3.05) is 18.0 Å². The van der Waals surface area contributed by atoms with Crippen LogP contribution in [0.2, 0.25) is 0 Å². The number of pyridine rings is 1. The maximum atomic E-state index is 4.36. The average Bonchev–Trinajstić information content (AvgIpc) is 2.94. The zero-order valence-electron chi connectivity index (χ0n) is 9.84. The Balaban J connectivity index is 1.94. The van der Waals surface area contributed by atoms with Gasteiger partial charge in [-0.05, 0) is 24.5 Å². The van der Waals surface area contributed by atoms with E-state index in [1.54, 1.807) is 0 Å². The zero-order chi connectivity index (χ0) is 11.5. The van der Waals surface area contributed by atoms with Crippen LogP contribution in [0.4, 0.5) is 5.69 Å². The van der Waals surface area contributed by atoms with E-state index in [1.807, 2.05) is 18.5 Å². The Hall–Kier alpha value is -1.83. The van der Waals surface area contributed by atoms with Crippen LogP contribution in [0.15, 0.2) is 48.8 Å². The van der Waals surface area contributed by atoms with Gasteiger partial charge in [-0.3, -0.25) is 4.98 Å². The molecule has 3 rings (SSSR count). The van der Waals surface area contributed by atoms with E-state index in [0.717, 1.165) is 0 Å². The second kappa shape index (κ2) is 4.58. The Morgan fingerprint density at radius 3 is 2.41 bits per heavy atom. The molecule has 2 aromatic rings. The Labute approximate surface area is 102 Å². The largest absolute Gasteiger partial charge is 0.370 e. The highest BCUT2D eigenvalue weighted by atomic mass is 15.1. The average molecular weight is 224 g/mol. The lowest BCUT2D eigenvalue weighted by molar-refractivity contribution is 0.949. The van der Waals surface area contributed by atoms with Crippen LogP contribution >= 0.6 is 0 Å². The minimum atomic E-state index is 1.17. The maximum Gasteiger partial charge on any atom is 0.0558 e. The first-order valence-corrected chi connectivity index (χ1v) is 6.19. The van der Waals surface area contributed by atoms with Crippen LogP contribution in [0, 0.1) is 0 Å². The van der Waals surface area contributed by atoms with Gasteiger partial charge in [0.1, 0.15) is 0 Å². The molecule has 1 aliphatic heterocycles. The van der Waals surface area contributed by atoms with Crippen LogP contribution in [-0.2, 0) is 0 Å². The molecule has 2 heteroatoms. The molecule has 2 nitrogen and oxygen atoms in total. The van der Waals surface area contributed by atoms with Crippen molar-refractivity contribution in [1.82, 2.24) is 4.98 Å². The van der Waals surface area contributed by atoms with Crippen molar-refractivity contribution in [3.8, 4) is 11.1 Å². The van der Waals surface area contributed by atoms with Crippen LogP contribution in [0.1, 0.15) is 12.8 Å². The molecule has 17 heavy (non-hydrogen) atoms. The third-order valence-corrected chi connectivity index (χ3v) is 3.30. The van der Waals surface area contributed by atoms with Crippen molar-refractivity contribution >= 4 is 5.69 Å². The molecule has 1 saturated heterocycles. The standard InChI is InChI=1S/C15H16N2/c1-2-6-13(7-3-1)14-10-15(12-16-11-14)17-8-4-5-9-17/h1-3,6-7,10-12H,4-5,8-9H2. The predicted octanol–water partition coefficient (Wildman–Crippen LogP) is 3.35. The zero-order valence-corrected chi connectivity index (χ0v) is 9.84. The Kier molecular flexibility index (Phi) is 2.78. The molecule has 1 fully saturated rings. The highest BCUT2D eigenvalue weighted by Crippen LogP contribution is 2.25. The smallest absolute Gasteiger partial charge is 0.0558 e. The van der Waals surface area contributed by atoms with E-state index in [4.69, 9.17) is 0 Å². The number of hydrogen-bond acceptors (Lipinski definition) is 2. The molecule has 1 aromatic carbocycles. The molecular weight excluding hydrogens is 208 g/mol. The lowest BCUT2D eigenvalue weighted by Crippen LogP contribution is -2.17. The summed E-state index contributed by atoms with van der Waals surface area (Å²) >= 11 is 0. The molecule has 0 atom stereocenters. The number of anilines is 1. The third kappa shape index (κ3) is 2.16. The Morgan fingerprint density at radius 2 is 1.65 bits per heavy atom. The Bertz CT molecular complexity index is 487. The van der Waals surface area contributed by atoms with Gasteiger partial charge >= 0.3 is 0 Å². The molecule has 0 aliphatic carbocycles. The topological polar surface area (TPSA) is 16.1 Å². The van der Waals surface area contributed by atoms with Crippen molar-refractivity contribution in [3.05, 3.63) is 48.8 Å². The second-order valence-corrected chi connectivity index (χ2v) is 4.49. The summed E-state index contributed by atoms with van der Waals surface area (Å²) in [5.74, 6) is 0. The number of rotatable bonds is 2. The van der Waals surface area contributed by atoms with Gasteiger partial charge in [0.25, 0.3) is 0 Å². The minimum absolute atomic E-state index is 1.17. The fraction of sp³-hybridized carbons (Fsp3) is 0.267. The monoisotopic (exact) mass is 224 g/mol. The summed E-state index contributed by atoms with van der Waals surface area (Å²) in [6.45, 7) is 2.33. The fourth-order valence-corrected chi connectivity index (χ4v) is 2.36. The summed E-state index contributed by atoms with van der Waals surface area (Å²) in [4.78, 5) is 6.78. The molecule has 0 N–H and O–H groups in total. The number of hydrogen-bond donors (Lipinski definition) is 0. The van der Waals surface area contributed by atoms with E-state index >= 15 is 0 Å². The molecule has 1 aliphatic rings. The highest BCUT2D eigenvalue weighted by molar-refractivity contribution is 5.67. The van der Waals surface area contributed by atoms with E-state index in [-0.39, 0.29) is 0 Å². The summed E-state index contributed by atoms with van der Waals surface area (Å²) in [7, 11) is 0. The summed E-state index contributed by atoms with van der Waals surface area (Å²) in [5, 5.41) is 0. The Morgan fingerprint density at radius 1 is 0.882 bits per heavy atom. The van der Waals surface area contributed by atoms with Gasteiger partial charge in [0.2, 0.25) is 0 Å². The lowest BCUT2D eigenvalue weighted by atomic mass is 10.1. The van der Waals surface area contributed by atoms with Gasteiger partial charge in [0.05, 0.1) is 11.9 Å². The van der Waals surface area contributed by atoms with E-state index in [9.17, 15) is 0 Å². The second-order valence-electron chi connectivity index (χ2n) is 4.49.